The lowest BCUT2D eigenvalue weighted by Gasteiger charge is -2.21. The molecular formula is C28H31N3O2. The van der Waals surface area contributed by atoms with E-state index in [4.69, 9.17) is 0 Å². The Balaban J connectivity index is 1.75. The smallest absolute Gasteiger partial charge is 0.251 e. The van der Waals surface area contributed by atoms with Crippen molar-refractivity contribution in [2.24, 2.45) is 5.41 Å². The van der Waals surface area contributed by atoms with Gasteiger partial charge in [0.15, 0.2) is 0 Å². The van der Waals surface area contributed by atoms with Crippen molar-refractivity contribution in [2.75, 3.05) is 6.54 Å². The molecule has 1 aliphatic rings. The lowest BCUT2D eigenvalue weighted by molar-refractivity contribution is -0.125. The first-order chi connectivity index (χ1) is 16.0. The number of nitrogens with one attached hydrogen (secondary N) is 1. The summed E-state index contributed by atoms with van der Waals surface area (Å²) >= 11 is 0. The second kappa shape index (κ2) is 11.3. The van der Waals surface area contributed by atoms with E-state index in [0.717, 1.165) is 36.9 Å². The number of hydrogen-bond donors (Lipinski definition) is 1. The van der Waals surface area contributed by atoms with Crippen molar-refractivity contribution in [1.29, 1.82) is 0 Å². The molecule has 0 saturated heterocycles. The summed E-state index contributed by atoms with van der Waals surface area (Å²) in [6.45, 7) is 8.34. The Morgan fingerprint density at radius 2 is 2.24 bits per heavy atom. The van der Waals surface area contributed by atoms with Gasteiger partial charge >= 0.3 is 0 Å². The molecule has 1 N–H and O–H groups in total. The molecule has 1 fully saturated rings. The highest BCUT2D eigenvalue weighted by molar-refractivity contribution is 5.95. The third-order valence-corrected chi connectivity index (χ3v) is 6.04. The highest BCUT2D eigenvalue weighted by Crippen LogP contribution is 2.38. The van der Waals surface area contributed by atoms with E-state index in [1.807, 2.05) is 50.4 Å². The number of aromatic nitrogens is 2. The fourth-order valence-electron chi connectivity index (χ4n) is 4.02. The number of carbonyl (C=O) groups excluding carboxylic acids is 2. The Labute approximate surface area is 196 Å². The Bertz CT molecular complexity index is 1130. The number of benzene rings is 1. The van der Waals surface area contributed by atoms with Crippen LogP contribution in [0.5, 0.6) is 0 Å². The quantitative estimate of drug-likeness (QED) is 0.349. The van der Waals surface area contributed by atoms with Crippen LogP contribution in [0.4, 0.5) is 0 Å². The van der Waals surface area contributed by atoms with E-state index in [-0.39, 0.29) is 11.3 Å². The third kappa shape index (κ3) is 6.20. The summed E-state index contributed by atoms with van der Waals surface area (Å²) in [6, 6.07) is 7.27. The van der Waals surface area contributed by atoms with Gasteiger partial charge in [0.05, 0.1) is 11.3 Å². The SMILES string of the molecule is C=C/C(C#Cc1cc(C(=O)NCCCC2(C)CCCC2=O)ccc1-n1cccn1)=C\C=C/C. The Morgan fingerprint density at radius 3 is 2.91 bits per heavy atom. The molecule has 1 aromatic heterocycles. The van der Waals surface area contributed by atoms with Gasteiger partial charge in [-0.3, -0.25) is 9.59 Å². The van der Waals surface area contributed by atoms with Crippen LogP contribution >= 0.6 is 0 Å². The standard InChI is InChI=1S/C28H31N3O2/c1-4-6-10-22(5-2)12-13-23-21-24(14-15-25(23)31-20-9-19-30-31)27(33)29-18-8-17-28(3)16-7-11-26(28)32/h4-6,9-10,14-15,19-21H,2,7-8,11,16-18H2,1,3H3,(H,29,33)/b6-4-,22-10+. The summed E-state index contributed by atoms with van der Waals surface area (Å²) in [7, 11) is 0. The first-order valence-electron chi connectivity index (χ1n) is 11.4. The van der Waals surface area contributed by atoms with Crippen molar-refractivity contribution >= 4 is 11.7 Å². The second-order valence-electron chi connectivity index (χ2n) is 8.48. The van der Waals surface area contributed by atoms with E-state index < -0.39 is 0 Å². The molecule has 5 heteroatoms. The molecule has 1 atom stereocenters. The fraction of sp³-hybridized carbons (Fsp3) is 0.321. The van der Waals surface area contributed by atoms with Crippen molar-refractivity contribution in [3.05, 3.63) is 84.2 Å². The summed E-state index contributed by atoms with van der Waals surface area (Å²) in [5.41, 5.74) is 2.59. The first-order valence-corrected chi connectivity index (χ1v) is 11.4. The van der Waals surface area contributed by atoms with Crippen LogP contribution in [0.3, 0.4) is 0 Å². The molecule has 0 bridgehead atoms. The average molecular weight is 442 g/mol. The zero-order valence-electron chi connectivity index (χ0n) is 19.4. The molecule has 170 valence electrons. The summed E-state index contributed by atoms with van der Waals surface area (Å²) in [5.74, 6) is 6.49. The van der Waals surface area contributed by atoms with Crippen LogP contribution in [0.25, 0.3) is 5.69 Å². The molecule has 2 aromatic rings. The molecule has 0 aliphatic heterocycles. The Kier molecular flexibility index (Phi) is 8.21. The van der Waals surface area contributed by atoms with Crippen LogP contribution in [0.15, 0.2) is 73.1 Å². The Hall–Kier alpha value is -3.65. The number of ketones is 1. The molecule has 1 heterocycles. The predicted molar refractivity (Wildman–Crippen MR) is 132 cm³/mol. The van der Waals surface area contributed by atoms with E-state index >= 15 is 0 Å². The van der Waals surface area contributed by atoms with Gasteiger partial charge < -0.3 is 5.32 Å². The topological polar surface area (TPSA) is 64.0 Å². The molecule has 33 heavy (non-hydrogen) atoms. The van der Waals surface area contributed by atoms with Gasteiger partial charge in [0.25, 0.3) is 5.91 Å². The summed E-state index contributed by atoms with van der Waals surface area (Å²) in [6.07, 6.45) is 15.2. The maximum Gasteiger partial charge on any atom is 0.251 e. The molecule has 0 spiro atoms. The molecule has 1 aromatic carbocycles. The maximum absolute atomic E-state index is 12.8. The maximum atomic E-state index is 12.8. The van der Waals surface area contributed by atoms with Crippen LogP contribution in [0.1, 0.15) is 61.9 Å². The van der Waals surface area contributed by atoms with Crippen LogP contribution in [-0.2, 0) is 4.79 Å². The number of Topliss-reactive ketones (excluding diaryl/α,β-unsaturated/α-hetero) is 1. The van der Waals surface area contributed by atoms with Crippen LogP contribution in [-0.4, -0.2) is 28.0 Å². The second-order valence-corrected chi connectivity index (χ2v) is 8.48. The minimum Gasteiger partial charge on any atom is -0.352 e. The van der Waals surface area contributed by atoms with Crippen molar-refractivity contribution in [2.45, 2.75) is 46.0 Å². The van der Waals surface area contributed by atoms with Gasteiger partial charge in [-0.2, -0.15) is 5.10 Å². The van der Waals surface area contributed by atoms with E-state index in [2.05, 4.69) is 28.8 Å². The average Bonchev–Trinajstić information content (AvgIpc) is 3.47. The van der Waals surface area contributed by atoms with Crippen molar-refractivity contribution in [1.82, 2.24) is 15.1 Å². The number of allylic oxidation sites excluding steroid dienone is 5. The van der Waals surface area contributed by atoms with Crippen molar-refractivity contribution < 1.29 is 9.59 Å². The summed E-state index contributed by atoms with van der Waals surface area (Å²) in [5, 5.41) is 7.29. The van der Waals surface area contributed by atoms with Crippen LogP contribution in [0.2, 0.25) is 0 Å². The van der Waals surface area contributed by atoms with E-state index in [1.54, 1.807) is 29.1 Å². The third-order valence-electron chi connectivity index (χ3n) is 6.04. The minimum absolute atomic E-state index is 0.152. The van der Waals surface area contributed by atoms with Gasteiger partial charge in [-0.05, 0) is 62.9 Å². The van der Waals surface area contributed by atoms with E-state index in [1.165, 1.54) is 0 Å². The highest BCUT2D eigenvalue weighted by Gasteiger charge is 2.36. The number of rotatable bonds is 8. The molecule has 1 amide bonds. The monoisotopic (exact) mass is 441 g/mol. The van der Waals surface area contributed by atoms with Gasteiger partial charge in [-0.15, -0.1) is 0 Å². The highest BCUT2D eigenvalue weighted by atomic mass is 16.1. The minimum atomic E-state index is -0.220. The Morgan fingerprint density at radius 1 is 1.39 bits per heavy atom. The van der Waals surface area contributed by atoms with E-state index in [9.17, 15) is 9.59 Å². The molecule has 3 rings (SSSR count). The van der Waals surface area contributed by atoms with Crippen LogP contribution < -0.4 is 5.32 Å². The van der Waals surface area contributed by atoms with Crippen LogP contribution in [0, 0.1) is 17.3 Å². The van der Waals surface area contributed by atoms with Gasteiger partial charge in [-0.1, -0.05) is 43.6 Å². The normalized spacial score (nSPS) is 18.2. The zero-order chi connectivity index (χ0) is 23.7. The molecule has 5 nitrogen and oxygen atoms in total. The number of carbonyl (C=O) groups is 2. The molecule has 1 aliphatic carbocycles. The molecule has 0 radical (unpaired) electrons. The van der Waals surface area contributed by atoms with Gasteiger partial charge in [-0.25, -0.2) is 4.68 Å². The van der Waals surface area contributed by atoms with E-state index in [0.29, 0.717) is 29.9 Å². The number of nitrogens with zero attached hydrogens (tertiary/aromatic N) is 2. The zero-order valence-corrected chi connectivity index (χ0v) is 19.4. The number of amides is 1. The van der Waals surface area contributed by atoms with Gasteiger partial charge in [0.2, 0.25) is 0 Å². The van der Waals surface area contributed by atoms with Crippen molar-refractivity contribution in [3.63, 3.8) is 0 Å². The predicted octanol–water partition coefficient (Wildman–Crippen LogP) is 5.18. The molecule has 1 saturated carbocycles. The van der Waals surface area contributed by atoms with Crippen molar-refractivity contribution in [3.8, 4) is 17.5 Å². The largest absolute Gasteiger partial charge is 0.352 e. The summed E-state index contributed by atoms with van der Waals surface area (Å²) < 4.78 is 1.73. The number of hydrogen-bond acceptors (Lipinski definition) is 3. The lowest BCUT2D eigenvalue weighted by atomic mass is 9.83. The fourth-order valence-corrected chi connectivity index (χ4v) is 4.02. The summed E-state index contributed by atoms with van der Waals surface area (Å²) in [4.78, 5) is 24.9. The lowest BCUT2D eigenvalue weighted by Crippen LogP contribution is -2.27. The molecule has 1 unspecified atom stereocenters. The van der Waals surface area contributed by atoms with Gasteiger partial charge in [0, 0.05) is 41.9 Å². The van der Waals surface area contributed by atoms with Gasteiger partial charge in [0.1, 0.15) is 5.78 Å². The first kappa shape index (κ1) is 24.0. The molecular weight excluding hydrogens is 410 g/mol.